The Morgan fingerprint density at radius 3 is 2.17 bits per heavy atom. The standard InChI is InChI=1S/C13H15ClO4/c1-7-8(2)12(16)10(9(3)11(7)15)5-4-6-18-13(14)17/h4-6H2,1-3H3. The van der Waals surface area contributed by atoms with E-state index in [0.717, 1.165) is 0 Å². The van der Waals surface area contributed by atoms with Crippen molar-refractivity contribution in [1.29, 1.82) is 0 Å². The molecule has 0 aromatic rings. The molecule has 0 N–H and O–H groups in total. The van der Waals surface area contributed by atoms with Gasteiger partial charge in [0, 0.05) is 33.9 Å². The van der Waals surface area contributed by atoms with Crippen LogP contribution in [0.25, 0.3) is 0 Å². The second-order valence-electron chi connectivity index (χ2n) is 4.20. The third-order valence-corrected chi connectivity index (χ3v) is 3.21. The highest BCUT2D eigenvalue weighted by Gasteiger charge is 2.27. The number of Topliss-reactive ketones (excluding diaryl/α,β-unsaturated/α-hetero) is 2. The Kier molecular flexibility index (Phi) is 4.84. The van der Waals surface area contributed by atoms with Gasteiger partial charge in [-0.2, -0.15) is 0 Å². The monoisotopic (exact) mass is 270 g/mol. The topological polar surface area (TPSA) is 60.4 Å². The highest BCUT2D eigenvalue weighted by molar-refractivity contribution is 6.61. The average molecular weight is 271 g/mol. The Morgan fingerprint density at radius 2 is 1.61 bits per heavy atom. The molecule has 0 aromatic heterocycles. The lowest BCUT2D eigenvalue weighted by Gasteiger charge is -2.18. The molecule has 0 bridgehead atoms. The summed E-state index contributed by atoms with van der Waals surface area (Å²) < 4.78 is 4.57. The molecular formula is C13H15ClO4. The molecule has 98 valence electrons. The summed E-state index contributed by atoms with van der Waals surface area (Å²) in [5.74, 6) is -0.182. The number of rotatable bonds is 4. The lowest BCUT2D eigenvalue weighted by atomic mass is 9.84. The lowest BCUT2D eigenvalue weighted by molar-refractivity contribution is -0.116. The highest BCUT2D eigenvalue weighted by Crippen LogP contribution is 2.26. The van der Waals surface area contributed by atoms with E-state index in [9.17, 15) is 14.4 Å². The van der Waals surface area contributed by atoms with Gasteiger partial charge in [0.05, 0.1) is 6.61 Å². The van der Waals surface area contributed by atoms with E-state index < -0.39 is 5.43 Å². The molecule has 0 aliphatic heterocycles. The van der Waals surface area contributed by atoms with Crippen LogP contribution in [0.4, 0.5) is 4.79 Å². The fourth-order valence-electron chi connectivity index (χ4n) is 1.86. The Balaban J connectivity index is 2.73. The summed E-state index contributed by atoms with van der Waals surface area (Å²) in [6, 6.07) is 0. The van der Waals surface area contributed by atoms with Crippen LogP contribution in [0.1, 0.15) is 33.6 Å². The molecule has 5 heteroatoms. The van der Waals surface area contributed by atoms with E-state index in [1.165, 1.54) is 0 Å². The summed E-state index contributed by atoms with van der Waals surface area (Å²) in [5.41, 5.74) is 1.14. The predicted molar refractivity (Wildman–Crippen MR) is 67.5 cm³/mol. The van der Waals surface area contributed by atoms with Gasteiger partial charge in [0.2, 0.25) is 0 Å². The molecular weight excluding hydrogens is 256 g/mol. The SMILES string of the molecule is CC1=C(C)C(=O)C(CCCOC(=O)Cl)=C(C)C1=O. The van der Waals surface area contributed by atoms with Crippen LogP contribution >= 0.6 is 11.6 Å². The quantitative estimate of drug-likeness (QED) is 0.448. The van der Waals surface area contributed by atoms with Gasteiger partial charge in [-0.1, -0.05) is 0 Å². The van der Waals surface area contributed by atoms with Crippen molar-refractivity contribution in [3.8, 4) is 0 Å². The molecule has 4 nitrogen and oxygen atoms in total. The first-order valence-electron chi connectivity index (χ1n) is 5.65. The van der Waals surface area contributed by atoms with Gasteiger partial charge in [-0.05, 0) is 33.6 Å². The lowest BCUT2D eigenvalue weighted by Crippen LogP contribution is -2.21. The van der Waals surface area contributed by atoms with Gasteiger partial charge in [0.15, 0.2) is 11.6 Å². The number of allylic oxidation sites excluding steroid dienone is 4. The maximum absolute atomic E-state index is 12.0. The molecule has 1 aliphatic carbocycles. The van der Waals surface area contributed by atoms with Crippen molar-refractivity contribution in [2.45, 2.75) is 33.6 Å². The van der Waals surface area contributed by atoms with Crippen LogP contribution in [-0.4, -0.2) is 23.6 Å². The van der Waals surface area contributed by atoms with E-state index in [1.807, 2.05) is 0 Å². The Morgan fingerprint density at radius 1 is 1.06 bits per heavy atom. The zero-order valence-corrected chi connectivity index (χ0v) is 11.4. The van der Waals surface area contributed by atoms with Crippen molar-refractivity contribution < 1.29 is 19.1 Å². The Hall–Kier alpha value is -1.42. The van der Waals surface area contributed by atoms with E-state index in [2.05, 4.69) is 4.74 Å². The van der Waals surface area contributed by atoms with Crippen molar-refractivity contribution >= 4 is 28.6 Å². The zero-order chi connectivity index (χ0) is 13.9. The minimum Gasteiger partial charge on any atom is -0.454 e. The van der Waals surface area contributed by atoms with Crippen molar-refractivity contribution in [2.75, 3.05) is 6.61 Å². The van der Waals surface area contributed by atoms with Crippen LogP contribution in [0.15, 0.2) is 22.3 Å². The van der Waals surface area contributed by atoms with Gasteiger partial charge in [0.25, 0.3) is 0 Å². The molecule has 1 aliphatic rings. The summed E-state index contributed by atoms with van der Waals surface area (Å²) >= 11 is 5.02. The molecule has 0 amide bonds. The molecule has 0 radical (unpaired) electrons. The first kappa shape index (κ1) is 14.6. The summed E-state index contributed by atoms with van der Waals surface area (Å²) in [7, 11) is 0. The first-order chi connectivity index (χ1) is 8.36. The molecule has 0 heterocycles. The van der Waals surface area contributed by atoms with Gasteiger partial charge < -0.3 is 4.74 Å². The summed E-state index contributed by atoms with van der Waals surface area (Å²) in [6.07, 6.45) is 0.877. The van der Waals surface area contributed by atoms with Crippen LogP contribution in [0, 0.1) is 0 Å². The van der Waals surface area contributed by atoms with Gasteiger partial charge in [-0.25, -0.2) is 4.79 Å². The second kappa shape index (κ2) is 5.96. The third-order valence-electron chi connectivity index (χ3n) is 3.10. The van der Waals surface area contributed by atoms with Gasteiger partial charge in [-0.3, -0.25) is 9.59 Å². The summed E-state index contributed by atoms with van der Waals surface area (Å²) in [5, 5.41) is 0. The molecule has 0 spiro atoms. The normalized spacial score (nSPS) is 16.4. The number of ether oxygens (including phenoxy) is 1. The fourth-order valence-corrected chi connectivity index (χ4v) is 1.94. The molecule has 0 unspecified atom stereocenters. The minimum absolute atomic E-state index is 0.0866. The van der Waals surface area contributed by atoms with E-state index in [0.29, 0.717) is 35.1 Å². The minimum atomic E-state index is -0.862. The van der Waals surface area contributed by atoms with Crippen LogP contribution in [0.2, 0.25) is 0 Å². The maximum Gasteiger partial charge on any atom is 0.403 e. The Bertz CT molecular complexity index is 471. The molecule has 0 fully saturated rings. The van der Waals surface area contributed by atoms with E-state index in [4.69, 9.17) is 11.6 Å². The number of halogens is 1. The van der Waals surface area contributed by atoms with Gasteiger partial charge in [-0.15, -0.1) is 0 Å². The number of carbonyl (C=O) groups is 3. The second-order valence-corrected chi connectivity index (χ2v) is 4.51. The largest absolute Gasteiger partial charge is 0.454 e. The number of ketones is 2. The van der Waals surface area contributed by atoms with Crippen molar-refractivity contribution in [2.24, 2.45) is 0 Å². The average Bonchev–Trinajstić information content (AvgIpc) is 2.32. The smallest absolute Gasteiger partial charge is 0.403 e. The highest BCUT2D eigenvalue weighted by atomic mass is 35.5. The van der Waals surface area contributed by atoms with Crippen LogP contribution in [0.5, 0.6) is 0 Å². The van der Waals surface area contributed by atoms with Crippen LogP contribution in [0.3, 0.4) is 0 Å². The molecule has 0 atom stereocenters. The number of hydrogen-bond donors (Lipinski definition) is 0. The van der Waals surface area contributed by atoms with Gasteiger partial charge in [0.1, 0.15) is 0 Å². The third kappa shape index (κ3) is 3.07. The van der Waals surface area contributed by atoms with Gasteiger partial charge >= 0.3 is 5.43 Å². The van der Waals surface area contributed by atoms with E-state index in [1.54, 1.807) is 20.8 Å². The van der Waals surface area contributed by atoms with E-state index in [-0.39, 0.29) is 18.2 Å². The Labute approximate surface area is 111 Å². The summed E-state index contributed by atoms with van der Waals surface area (Å²) in [6.45, 7) is 5.10. The first-order valence-corrected chi connectivity index (χ1v) is 6.03. The number of hydrogen-bond acceptors (Lipinski definition) is 4. The van der Waals surface area contributed by atoms with Crippen LogP contribution < -0.4 is 0 Å². The zero-order valence-electron chi connectivity index (χ0n) is 10.6. The van der Waals surface area contributed by atoms with Crippen molar-refractivity contribution in [3.05, 3.63) is 22.3 Å². The van der Waals surface area contributed by atoms with Crippen molar-refractivity contribution in [3.63, 3.8) is 0 Å². The van der Waals surface area contributed by atoms with Crippen molar-refractivity contribution in [1.82, 2.24) is 0 Å². The molecule has 0 saturated heterocycles. The fraction of sp³-hybridized carbons (Fsp3) is 0.462. The summed E-state index contributed by atoms with van der Waals surface area (Å²) in [4.78, 5) is 34.2. The predicted octanol–water partition coefficient (Wildman–Crippen LogP) is 2.95. The molecule has 1 rings (SSSR count). The number of carbonyl (C=O) groups excluding carboxylic acids is 3. The maximum atomic E-state index is 12.0. The van der Waals surface area contributed by atoms with E-state index >= 15 is 0 Å². The van der Waals surface area contributed by atoms with Crippen LogP contribution in [-0.2, 0) is 14.3 Å². The molecule has 18 heavy (non-hydrogen) atoms. The molecule has 0 saturated carbocycles. The molecule has 0 aromatic carbocycles.